The molecule has 0 bridgehead atoms. The number of allylic oxidation sites excluding steroid dienone is 1. The van der Waals surface area contributed by atoms with E-state index in [0.29, 0.717) is 25.3 Å². The summed E-state index contributed by atoms with van der Waals surface area (Å²) < 4.78 is 0. The Bertz CT molecular complexity index is 1070. The van der Waals surface area contributed by atoms with Crippen molar-refractivity contribution >= 4 is 16.9 Å². The summed E-state index contributed by atoms with van der Waals surface area (Å²) in [4.78, 5) is 3.35. The van der Waals surface area contributed by atoms with Gasteiger partial charge in [0.1, 0.15) is 0 Å². The number of H-pyrrole nitrogens is 1. The Kier molecular flexibility index (Phi) is 12.2. The van der Waals surface area contributed by atoms with Crippen LogP contribution < -0.4 is 38.5 Å². The number of nitrogens with two attached hydrogens (primary N) is 3. The van der Waals surface area contributed by atoms with E-state index in [2.05, 4.69) is 70.9 Å². The number of aromatic nitrogens is 1. The highest BCUT2D eigenvalue weighted by atomic mass is 15.0. The van der Waals surface area contributed by atoms with Crippen molar-refractivity contribution in [1.82, 2.24) is 26.3 Å². The zero-order chi connectivity index (χ0) is 27.2. The average Bonchev–Trinajstić information content (AvgIpc) is 3.27. The number of rotatable bonds is 19. The summed E-state index contributed by atoms with van der Waals surface area (Å²) in [5.41, 5.74) is 22.5. The molecule has 0 spiro atoms. The third-order valence-electron chi connectivity index (χ3n) is 6.17. The Morgan fingerprint density at radius 2 is 1.68 bits per heavy atom. The van der Waals surface area contributed by atoms with Gasteiger partial charge in [-0.05, 0) is 50.3 Å². The standard InChI is InChI=1S/C28H45N9/c1-19(10-9-14-29)36-27(16-23-18-35-26-13-6-5-11-24(23)26)22(4)34-17-20(2)37-25(21(3)30)12-7-8-15-33-28(31)32/h5-6,11,13,18,25,27,34-37H,1-4,7-10,12,14-17,29-30H2,(H4,31,32,33). The summed E-state index contributed by atoms with van der Waals surface area (Å²) in [5.74, 6) is -0.0157. The van der Waals surface area contributed by atoms with Gasteiger partial charge in [0.25, 0.3) is 0 Å². The zero-order valence-corrected chi connectivity index (χ0v) is 22.0. The van der Waals surface area contributed by atoms with Crippen LogP contribution >= 0.6 is 0 Å². The molecule has 1 heterocycles. The number of guanidine groups is 1. The van der Waals surface area contributed by atoms with Crippen LogP contribution in [0.1, 0.15) is 37.7 Å². The fourth-order valence-electron chi connectivity index (χ4n) is 4.10. The zero-order valence-electron chi connectivity index (χ0n) is 22.0. The van der Waals surface area contributed by atoms with Gasteiger partial charge in [-0.3, -0.25) is 5.41 Å². The average molecular weight is 508 g/mol. The molecule has 0 saturated carbocycles. The molecule has 0 saturated heterocycles. The molecular formula is C28H45N9. The van der Waals surface area contributed by atoms with Crippen LogP contribution in [-0.4, -0.2) is 42.7 Å². The van der Waals surface area contributed by atoms with Gasteiger partial charge in [-0.15, -0.1) is 0 Å². The molecule has 2 aromatic rings. The maximum Gasteiger partial charge on any atom is 0.185 e. The van der Waals surface area contributed by atoms with Crippen LogP contribution in [0.2, 0.25) is 0 Å². The number of nitrogens with one attached hydrogen (secondary N) is 6. The topological polar surface area (TPSA) is 166 Å². The summed E-state index contributed by atoms with van der Waals surface area (Å²) in [6.45, 7) is 18.4. The number of benzene rings is 1. The van der Waals surface area contributed by atoms with Gasteiger partial charge < -0.3 is 43.5 Å². The van der Waals surface area contributed by atoms with Crippen LogP contribution in [0.25, 0.3) is 10.9 Å². The molecule has 2 rings (SSSR count). The van der Waals surface area contributed by atoms with Gasteiger partial charge in [0.05, 0.1) is 18.6 Å². The lowest BCUT2D eigenvalue weighted by molar-refractivity contribution is 0.529. The van der Waals surface area contributed by atoms with Crippen molar-refractivity contribution in [1.29, 1.82) is 5.41 Å². The van der Waals surface area contributed by atoms with E-state index >= 15 is 0 Å². The highest BCUT2D eigenvalue weighted by Gasteiger charge is 2.17. The smallest absolute Gasteiger partial charge is 0.185 e. The molecule has 0 fully saturated rings. The van der Waals surface area contributed by atoms with E-state index in [1.807, 2.05) is 12.1 Å². The molecule has 0 aliphatic rings. The summed E-state index contributed by atoms with van der Waals surface area (Å²) in [7, 11) is 0. The molecule has 0 aliphatic carbocycles. The minimum Gasteiger partial charge on any atom is -0.401 e. The lowest BCUT2D eigenvalue weighted by atomic mass is 10.0. The molecule has 9 heteroatoms. The van der Waals surface area contributed by atoms with Crippen LogP contribution in [0, 0.1) is 5.41 Å². The molecule has 1 aromatic carbocycles. The summed E-state index contributed by atoms with van der Waals surface area (Å²) in [6, 6.07) is 8.12. The molecule has 37 heavy (non-hydrogen) atoms. The largest absolute Gasteiger partial charge is 0.401 e. The van der Waals surface area contributed by atoms with E-state index in [9.17, 15) is 0 Å². The van der Waals surface area contributed by atoms with Gasteiger partial charge in [0.2, 0.25) is 0 Å². The Morgan fingerprint density at radius 3 is 2.38 bits per heavy atom. The first-order chi connectivity index (χ1) is 17.7. The van der Waals surface area contributed by atoms with Gasteiger partial charge in [0.15, 0.2) is 5.96 Å². The van der Waals surface area contributed by atoms with E-state index in [0.717, 1.165) is 61.1 Å². The van der Waals surface area contributed by atoms with E-state index in [-0.39, 0.29) is 18.0 Å². The third-order valence-corrected chi connectivity index (χ3v) is 6.17. The van der Waals surface area contributed by atoms with Gasteiger partial charge in [-0.25, -0.2) is 0 Å². The predicted octanol–water partition coefficient (Wildman–Crippen LogP) is 2.62. The van der Waals surface area contributed by atoms with E-state index in [1.54, 1.807) is 0 Å². The molecular weight excluding hydrogens is 462 g/mol. The number of hydrogen-bond acceptors (Lipinski definition) is 6. The molecule has 202 valence electrons. The third kappa shape index (κ3) is 10.3. The molecule has 0 radical (unpaired) electrons. The molecule has 9 nitrogen and oxygen atoms in total. The second-order valence-electron chi connectivity index (χ2n) is 9.35. The van der Waals surface area contributed by atoms with Crippen LogP contribution in [0.5, 0.6) is 0 Å². The second-order valence-corrected chi connectivity index (χ2v) is 9.35. The van der Waals surface area contributed by atoms with Crippen molar-refractivity contribution in [2.75, 3.05) is 19.6 Å². The van der Waals surface area contributed by atoms with Gasteiger partial charge in [-0.2, -0.15) is 0 Å². The van der Waals surface area contributed by atoms with Gasteiger partial charge >= 0.3 is 0 Å². The number of aromatic amines is 1. The molecule has 2 atom stereocenters. The van der Waals surface area contributed by atoms with Crippen molar-refractivity contribution in [3.8, 4) is 0 Å². The van der Waals surface area contributed by atoms with Crippen molar-refractivity contribution in [2.24, 2.45) is 17.2 Å². The fourth-order valence-corrected chi connectivity index (χ4v) is 4.10. The van der Waals surface area contributed by atoms with Crippen LogP contribution in [-0.2, 0) is 6.42 Å². The van der Waals surface area contributed by atoms with Crippen LogP contribution in [0.4, 0.5) is 0 Å². The van der Waals surface area contributed by atoms with Crippen LogP contribution in [0.15, 0.2) is 79.6 Å². The van der Waals surface area contributed by atoms with Gasteiger partial charge in [-0.1, -0.05) is 44.5 Å². The number of para-hydroxylation sites is 1. The SMILES string of the molecule is C=C(CNC(=C)C(Cc1c[nH]c2ccccc12)NC(=C)CCCN)NC(CCCCNC(=N)N)C(=C)N. The van der Waals surface area contributed by atoms with E-state index in [4.69, 9.17) is 22.6 Å². The Balaban J connectivity index is 1.95. The van der Waals surface area contributed by atoms with Gasteiger partial charge in [0, 0.05) is 52.9 Å². The molecule has 1 aromatic heterocycles. The van der Waals surface area contributed by atoms with Crippen molar-refractivity contribution in [3.63, 3.8) is 0 Å². The molecule has 0 amide bonds. The summed E-state index contributed by atoms with van der Waals surface area (Å²) in [6.07, 6.45) is 7.07. The lowest BCUT2D eigenvalue weighted by Crippen LogP contribution is -2.40. The predicted molar refractivity (Wildman–Crippen MR) is 157 cm³/mol. The minimum atomic E-state index is -0.0870. The summed E-state index contributed by atoms with van der Waals surface area (Å²) in [5, 5.41) is 21.6. The minimum absolute atomic E-state index is 0.0157. The lowest BCUT2D eigenvalue weighted by Gasteiger charge is -2.26. The first-order valence-electron chi connectivity index (χ1n) is 12.8. The molecule has 2 unspecified atom stereocenters. The Labute approximate surface area is 221 Å². The maximum absolute atomic E-state index is 7.22. The van der Waals surface area contributed by atoms with E-state index < -0.39 is 0 Å². The molecule has 12 N–H and O–H groups in total. The second kappa shape index (κ2) is 15.3. The maximum atomic E-state index is 7.22. The Morgan fingerprint density at radius 1 is 0.946 bits per heavy atom. The quantitative estimate of drug-likeness (QED) is 0.0800. The highest BCUT2D eigenvalue weighted by Crippen LogP contribution is 2.21. The number of fused-ring (bicyclic) bond motifs is 1. The highest BCUT2D eigenvalue weighted by molar-refractivity contribution is 5.83. The Hall–Kier alpha value is -3.85. The summed E-state index contributed by atoms with van der Waals surface area (Å²) >= 11 is 0. The van der Waals surface area contributed by atoms with Crippen molar-refractivity contribution < 1.29 is 0 Å². The first-order valence-corrected chi connectivity index (χ1v) is 12.8. The fraction of sp³-hybridized carbons (Fsp3) is 0.393. The number of unbranched alkanes of at least 4 members (excludes halogenated alkanes) is 1. The van der Waals surface area contributed by atoms with E-state index in [1.165, 1.54) is 10.9 Å². The number of hydrogen-bond donors (Lipinski definition) is 9. The normalized spacial score (nSPS) is 12.4. The van der Waals surface area contributed by atoms with Crippen molar-refractivity contribution in [2.45, 2.75) is 50.6 Å². The first kappa shape index (κ1) is 29.4. The monoisotopic (exact) mass is 507 g/mol. The van der Waals surface area contributed by atoms with Crippen LogP contribution in [0.3, 0.4) is 0 Å². The van der Waals surface area contributed by atoms with Crippen molar-refractivity contribution in [3.05, 3.63) is 85.1 Å². The molecule has 0 aliphatic heterocycles.